The molecule has 0 radical (unpaired) electrons. The van der Waals surface area contributed by atoms with Gasteiger partial charge in [-0.2, -0.15) is 0 Å². The first kappa shape index (κ1) is 13.2. The number of ether oxygens (including phenoxy) is 1. The predicted octanol–water partition coefficient (Wildman–Crippen LogP) is 1.81. The lowest BCUT2D eigenvalue weighted by molar-refractivity contribution is 0.200. The molecule has 0 aliphatic rings. The number of hydrogen-bond acceptors (Lipinski definition) is 4. The summed E-state index contributed by atoms with van der Waals surface area (Å²) in [6.45, 7) is 0.209. The fraction of sp³-hybridized carbons (Fsp3) is 0.200. The van der Waals surface area contributed by atoms with Gasteiger partial charge < -0.3 is 21.3 Å². The van der Waals surface area contributed by atoms with Crippen LogP contribution in [0.5, 0.6) is 5.75 Å². The van der Waals surface area contributed by atoms with Crippen molar-refractivity contribution in [2.45, 2.75) is 6.42 Å². The standard InChI is InChI=1S/C15H18N2O2/c16-13-6-7-14(19-9-8-18)12(15(13)17)10-11-4-2-1-3-5-11/h1-7,18H,8-10,16-17H2. The Bertz CT molecular complexity index is 541. The van der Waals surface area contributed by atoms with E-state index in [1.165, 1.54) is 0 Å². The second-order valence-electron chi connectivity index (χ2n) is 4.28. The van der Waals surface area contributed by atoms with Gasteiger partial charge in [0, 0.05) is 12.0 Å². The van der Waals surface area contributed by atoms with Crippen LogP contribution in [0.25, 0.3) is 0 Å². The molecule has 4 nitrogen and oxygen atoms in total. The number of nitrogen functional groups attached to an aromatic ring is 2. The summed E-state index contributed by atoms with van der Waals surface area (Å²) in [5.41, 5.74) is 15.0. The number of anilines is 2. The van der Waals surface area contributed by atoms with Crippen molar-refractivity contribution in [2.75, 3.05) is 24.7 Å². The largest absolute Gasteiger partial charge is 0.491 e. The Kier molecular flexibility index (Phi) is 4.26. The van der Waals surface area contributed by atoms with Gasteiger partial charge in [0.25, 0.3) is 0 Å². The summed E-state index contributed by atoms with van der Waals surface area (Å²) in [7, 11) is 0. The first-order valence-corrected chi connectivity index (χ1v) is 6.16. The Hall–Kier alpha value is -2.20. The highest BCUT2D eigenvalue weighted by Gasteiger charge is 2.11. The summed E-state index contributed by atoms with van der Waals surface area (Å²) in [5.74, 6) is 0.671. The van der Waals surface area contributed by atoms with Crippen LogP contribution in [0.4, 0.5) is 11.4 Å². The molecule has 5 N–H and O–H groups in total. The van der Waals surface area contributed by atoms with Gasteiger partial charge >= 0.3 is 0 Å². The van der Waals surface area contributed by atoms with Crippen molar-refractivity contribution in [2.24, 2.45) is 0 Å². The zero-order valence-corrected chi connectivity index (χ0v) is 10.7. The minimum absolute atomic E-state index is 0.0327. The number of hydrogen-bond donors (Lipinski definition) is 3. The van der Waals surface area contributed by atoms with E-state index in [0.717, 1.165) is 11.1 Å². The molecule has 0 atom stereocenters. The van der Waals surface area contributed by atoms with Crippen LogP contribution in [-0.4, -0.2) is 18.3 Å². The number of aliphatic hydroxyl groups is 1. The number of rotatable bonds is 5. The van der Waals surface area contributed by atoms with E-state index in [4.69, 9.17) is 21.3 Å². The van der Waals surface area contributed by atoms with Gasteiger partial charge in [0.15, 0.2) is 0 Å². The maximum atomic E-state index is 8.85. The van der Waals surface area contributed by atoms with E-state index in [1.54, 1.807) is 12.1 Å². The molecule has 2 rings (SSSR count). The molecular formula is C15H18N2O2. The fourth-order valence-corrected chi connectivity index (χ4v) is 1.94. The molecule has 2 aromatic carbocycles. The third-order valence-corrected chi connectivity index (χ3v) is 2.92. The zero-order valence-electron chi connectivity index (χ0n) is 10.7. The van der Waals surface area contributed by atoms with Crippen LogP contribution in [0.2, 0.25) is 0 Å². The zero-order chi connectivity index (χ0) is 13.7. The van der Waals surface area contributed by atoms with Crippen molar-refractivity contribution in [3.05, 3.63) is 53.6 Å². The Morgan fingerprint density at radius 1 is 1.00 bits per heavy atom. The van der Waals surface area contributed by atoms with E-state index in [0.29, 0.717) is 23.5 Å². The minimum Gasteiger partial charge on any atom is -0.491 e. The van der Waals surface area contributed by atoms with Gasteiger partial charge in [0.2, 0.25) is 0 Å². The highest BCUT2D eigenvalue weighted by molar-refractivity contribution is 5.71. The molecule has 0 aromatic heterocycles. The van der Waals surface area contributed by atoms with Gasteiger partial charge in [-0.3, -0.25) is 0 Å². The van der Waals surface area contributed by atoms with E-state index in [1.807, 2.05) is 30.3 Å². The smallest absolute Gasteiger partial charge is 0.125 e. The highest BCUT2D eigenvalue weighted by atomic mass is 16.5. The van der Waals surface area contributed by atoms with E-state index in [9.17, 15) is 0 Å². The second-order valence-corrected chi connectivity index (χ2v) is 4.28. The normalized spacial score (nSPS) is 10.4. The molecule has 0 unspecified atom stereocenters. The number of nitrogens with two attached hydrogens (primary N) is 2. The van der Waals surface area contributed by atoms with Crippen LogP contribution in [0.3, 0.4) is 0 Å². The summed E-state index contributed by atoms with van der Waals surface area (Å²) in [5, 5.41) is 8.85. The Labute approximate surface area is 112 Å². The molecule has 19 heavy (non-hydrogen) atoms. The van der Waals surface area contributed by atoms with Gasteiger partial charge in [-0.1, -0.05) is 30.3 Å². The summed E-state index contributed by atoms with van der Waals surface area (Å²) in [6, 6.07) is 13.5. The number of benzene rings is 2. The molecule has 0 bridgehead atoms. The Morgan fingerprint density at radius 3 is 2.42 bits per heavy atom. The van der Waals surface area contributed by atoms with Gasteiger partial charge in [0.1, 0.15) is 12.4 Å². The van der Waals surface area contributed by atoms with E-state index < -0.39 is 0 Å². The van der Waals surface area contributed by atoms with Crippen molar-refractivity contribution in [3.63, 3.8) is 0 Å². The van der Waals surface area contributed by atoms with Gasteiger partial charge in [-0.15, -0.1) is 0 Å². The Morgan fingerprint density at radius 2 is 1.74 bits per heavy atom. The highest BCUT2D eigenvalue weighted by Crippen LogP contribution is 2.31. The van der Waals surface area contributed by atoms with Gasteiger partial charge in [-0.25, -0.2) is 0 Å². The lowest BCUT2D eigenvalue weighted by Crippen LogP contribution is -2.07. The third-order valence-electron chi connectivity index (χ3n) is 2.92. The third kappa shape index (κ3) is 3.17. The molecule has 0 spiro atoms. The Balaban J connectivity index is 2.33. The van der Waals surface area contributed by atoms with Gasteiger partial charge in [-0.05, 0) is 17.7 Å². The van der Waals surface area contributed by atoms with Crippen molar-refractivity contribution in [3.8, 4) is 5.75 Å². The molecule has 0 amide bonds. The molecule has 0 fully saturated rings. The minimum atomic E-state index is -0.0327. The predicted molar refractivity (Wildman–Crippen MR) is 77.1 cm³/mol. The molecule has 0 saturated carbocycles. The van der Waals surface area contributed by atoms with E-state index in [2.05, 4.69) is 0 Å². The summed E-state index contributed by atoms with van der Waals surface area (Å²) >= 11 is 0. The molecule has 0 saturated heterocycles. The van der Waals surface area contributed by atoms with Crippen LogP contribution in [-0.2, 0) is 6.42 Å². The number of aliphatic hydroxyl groups excluding tert-OH is 1. The van der Waals surface area contributed by atoms with Crippen molar-refractivity contribution in [1.82, 2.24) is 0 Å². The summed E-state index contributed by atoms with van der Waals surface area (Å²) in [6.07, 6.45) is 0.651. The molecule has 0 aliphatic heterocycles. The van der Waals surface area contributed by atoms with Crippen LogP contribution >= 0.6 is 0 Å². The van der Waals surface area contributed by atoms with Crippen LogP contribution in [0.15, 0.2) is 42.5 Å². The molecule has 4 heteroatoms. The quantitative estimate of drug-likeness (QED) is 0.714. The first-order valence-electron chi connectivity index (χ1n) is 6.16. The van der Waals surface area contributed by atoms with Crippen molar-refractivity contribution < 1.29 is 9.84 Å². The summed E-state index contributed by atoms with van der Waals surface area (Å²) in [4.78, 5) is 0. The van der Waals surface area contributed by atoms with Gasteiger partial charge in [0.05, 0.1) is 18.0 Å². The molecular weight excluding hydrogens is 240 g/mol. The molecule has 2 aromatic rings. The first-order chi connectivity index (χ1) is 9.22. The second kappa shape index (κ2) is 6.11. The van der Waals surface area contributed by atoms with Crippen molar-refractivity contribution in [1.29, 1.82) is 0 Å². The average molecular weight is 258 g/mol. The SMILES string of the molecule is Nc1ccc(OCCO)c(Cc2ccccc2)c1N. The topological polar surface area (TPSA) is 81.5 Å². The average Bonchev–Trinajstić information content (AvgIpc) is 2.44. The maximum Gasteiger partial charge on any atom is 0.125 e. The summed E-state index contributed by atoms with van der Waals surface area (Å²) < 4.78 is 5.51. The monoisotopic (exact) mass is 258 g/mol. The van der Waals surface area contributed by atoms with Crippen LogP contribution in [0.1, 0.15) is 11.1 Å². The maximum absolute atomic E-state index is 8.85. The van der Waals surface area contributed by atoms with Crippen LogP contribution < -0.4 is 16.2 Å². The molecule has 0 heterocycles. The van der Waals surface area contributed by atoms with E-state index in [-0.39, 0.29) is 13.2 Å². The van der Waals surface area contributed by atoms with Crippen molar-refractivity contribution >= 4 is 11.4 Å². The molecule has 100 valence electrons. The molecule has 0 aliphatic carbocycles. The fourth-order valence-electron chi connectivity index (χ4n) is 1.94. The van der Waals surface area contributed by atoms with Crippen LogP contribution in [0, 0.1) is 0 Å². The van der Waals surface area contributed by atoms with E-state index >= 15 is 0 Å². The lowest BCUT2D eigenvalue weighted by Gasteiger charge is -2.15. The lowest BCUT2D eigenvalue weighted by atomic mass is 10.0.